The van der Waals surface area contributed by atoms with Crippen LogP contribution in [0.5, 0.6) is 0 Å². The molecule has 2 aromatic carbocycles. The van der Waals surface area contributed by atoms with Crippen molar-refractivity contribution < 1.29 is 14.3 Å². The zero-order chi connectivity index (χ0) is 15.5. The van der Waals surface area contributed by atoms with E-state index >= 15 is 0 Å². The lowest BCUT2D eigenvalue weighted by molar-refractivity contribution is -0.131. The Balaban J connectivity index is 1.95. The number of fused-ring (bicyclic) bond motifs is 1. The van der Waals surface area contributed by atoms with Gasteiger partial charge < -0.3 is 9.52 Å². The summed E-state index contributed by atoms with van der Waals surface area (Å²) in [5.41, 5.74) is 1.94. The summed E-state index contributed by atoms with van der Waals surface area (Å²) in [6.07, 6.45) is 1.50. The molecule has 0 aliphatic rings. The van der Waals surface area contributed by atoms with Crippen LogP contribution in [-0.4, -0.2) is 16.1 Å². The normalized spacial score (nSPS) is 11.8. The molecular formula is C16H10ClNO3S. The summed E-state index contributed by atoms with van der Waals surface area (Å²) in [5.74, 6) is -1.06. The van der Waals surface area contributed by atoms with Crippen LogP contribution in [0.2, 0.25) is 5.02 Å². The summed E-state index contributed by atoms with van der Waals surface area (Å²) in [6.45, 7) is 0. The molecule has 0 radical (unpaired) electrons. The number of aliphatic carboxylic acids is 1. The molecule has 0 aliphatic heterocycles. The van der Waals surface area contributed by atoms with E-state index < -0.39 is 5.97 Å². The Morgan fingerprint density at radius 3 is 2.64 bits per heavy atom. The standard InChI is InChI=1S/C16H10ClNO3S/c17-11-6-2-1-5-10(11)9-14(15(19)20)22-16-18-12-7-3-4-8-13(12)21-16/h1-9H,(H,19,20)/b14-9+. The summed E-state index contributed by atoms with van der Waals surface area (Å²) in [6, 6.07) is 14.3. The predicted octanol–water partition coefficient (Wildman–Crippen LogP) is 4.70. The average Bonchev–Trinajstić information content (AvgIpc) is 2.91. The minimum Gasteiger partial charge on any atom is -0.477 e. The van der Waals surface area contributed by atoms with Crippen LogP contribution in [0.15, 0.2) is 63.1 Å². The Kier molecular flexibility index (Phi) is 4.18. The molecule has 6 heteroatoms. The highest BCUT2D eigenvalue weighted by Gasteiger charge is 2.15. The second-order valence-electron chi connectivity index (χ2n) is 4.38. The van der Waals surface area contributed by atoms with Crippen LogP contribution in [0.1, 0.15) is 5.56 Å². The third-order valence-corrected chi connectivity index (χ3v) is 4.08. The quantitative estimate of drug-likeness (QED) is 0.554. The molecule has 0 spiro atoms. The van der Waals surface area contributed by atoms with Gasteiger partial charge in [0.15, 0.2) is 5.58 Å². The second-order valence-corrected chi connectivity index (χ2v) is 5.79. The Bertz CT molecular complexity index is 839. The molecule has 1 heterocycles. The van der Waals surface area contributed by atoms with Gasteiger partial charge in [0.25, 0.3) is 5.22 Å². The fourth-order valence-corrected chi connectivity index (χ4v) is 2.78. The molecule has 0 aliphatic carbocycles. The van der Waals surface area contributed by atoms with Gasteiger partial charge in [-0.05, 0) is 41.6 Å². The van der Waals surface area contributed by atoms with Gasteiger partial charge >= 0.3 is 5.97 Å². The number of benzene rings is 2. The Morgan fingerprint density at radius 2 is 1.91 bits per heavy atom. The molecule has 0 unspecified atom stereocenters. The molecule has 0 fully saturated rings. The molecule has 0 saturated carbocycles. The molecule has 1 aromatic heterocycles. The molecule has 110 valence electrons. The number of carbonyl (C=O) groups is 1. The van der Waals surface area contributed by atoms with E-state index in [2.05, 4.69) is 4.98 Å². The smallest absolute Gasteiger partial charge is 0.342 e. The predicted molar refractivity (Wildman–Crippen MR) is 86.9 cm³/mol. The van der Waals surface area contributed by atoms with Crippen LogP contribution in [0, 0.1) is 0 Å². The first-order chi connectivity index (χ1) is 10.6. The molecule has 3 rings (SSSR count). The van der Waals surface area contributed by atoms with Crippen molar-refractivity contribution in [1.82, 2.24) is 4.98 Å². The third-order valence-electron chi connectivity index (χ3n) is 2.87. The number of rotatable bonds is 4. The van der Waals surface area contributed by atoms with Crippen LogP contribution < -0.4 is 0 Å². The summed E-state index contributed by atoms with van der Waals surface area (Å²) in [5, 5.41) is 10.1. The van der Waals surface area contributed by atoms with Gasteiger partial charge in [0, 0.05) is 5.02 Å². The van der Waals surface area contributed by atoms with E-state index in [1.807, 2.05) is 12.1 Å². The van der Waals surface area contributed by atoms with Crippen molar-refractivity contribution in [3.05, 3.63) is 64.0 Å². The highest BCUT2D eigenvalue weighted by Crippen LogP contribution is 2.31. The molecule has 22 heavy (non-hydrogen) atoms. The van der Waals surface area contributed by atoms with Crippen LogP contribution in [-0.2, 0) is 4.79 Å². The fourth-order valence-electron chi connectivity index (χ4n) is 1.86. The van der Waals surface area contributed by atoms with E-state index in [1.54, 1.807) is 36.4 Å². The van der Waals surface area contributed by atoms with Crippen LogP contribution >= 0.6 is 23.4 Å². The van der Waals surface area contributed by atoms with Crippen molar-refractivity contribution in [2.24, 2.45) is 0 Å². The zero-order valence-electron chi connectivity index (χ0n) is 11.2. The Hall–Kier alpha value is -2.24. The number of carboxylic acid groups (broad SMARTS) is 1. The van der Waals surface area contributed by atoms with Crippen LogP contribution in [0.3, 0.4) is 0 Å². The van der Waals surface area contributed by atoms with Gasteiger partial charge in [0.1, 0.15) is 10.4 Å². The van der Waals surface area contributed by atoms with E-state index in [4.69, 9.17) is 16.0 Å². The third kappa shape index (κ3) is 3.16. The maximum absolute atomic E-state index is 11.4. The summed E-state index contributed by atoms with van der Waals surface area (Å²) >= 11 is 7.01. The van der Waals surface area contributed by atoms with Crippen molar-refractivity contribution in [2.45, 2.75) is 5.22 Å². The first-order valence-electron chi connectivity index (χ1n) is 6.36. The van der Waals surface area contributed by atoms with Gasteiger partial charge in [-0.3, -0.25) is 0 Å². The fraction of sp³-hybridized carbons (Fsp3) is 0. The number of carboxylic acids is 1. The lowest BCUT2D eigenvalue weighted by atomic mass is 10.2. The molecule has 0 atom stereocenters. The molecule has 0 bridgehead atoms. The number of oxazole rings is 1. The number of hydrogen-bond donors (Lipinski definition) is 1. The number of thioether (sulfide) groups is 1. The first-order valence-corrected chi connectivity index (χ1v) is 7.56. The van der Waals surface area contributed by atoms with E-state index in [1.165, 1.54) is 6.08 Å². The minimum absolute atomic E-state index is 0.0830. The number of halogens is 1. The van der Waals surface area contributed by atoms with Gasteiger partial charge in [0.05, 0.1) is 0 Å². The van der Waals surface area contributed by atoms with Crippen molar-refractivity contribution >= 4 is 46.5 Å². The minimum atomic E-state index is -1.06. The number of para-hydroxylation sites is 2. The van der Waals surface area contributed by atoms with E-state index in [-0.39, 0.29) is 10.1 Å². The lowest BCUT2D eigenvalue weighted by Crippen LogP contribution is -1.96. The monoisotopic (exact) mass is 331 g/mol. The molecule has 3 aromatic rings. The molecular weight excluding hydrogens is 322 g/mol. The number of aromatic nitrogens is 1. The van der Waals surface area contributed by atoms with Crippen molar-refractivity contribution in [3.8, 4) is 0 Å². The highest BCUT2D eigenvalue weighted by molar-refractivity contribution is 8.03. The largest absolute Gasteiger partial charge is 0.477 e. The van der Waals surface area contributed by atoms with Gasteiger partial charge in [0.2, 0.25) is 0 Å². The van der Waals surface area contributed by atoms with Gasteiger partial charge in [-0.15, -0.1) is 0 Å². The summed E-state index contributed by atoms with van der Waals surface area (Å²) in [4.78, 5) is 15.8. The first kappa shape index (κ1) is 14.7. The van der Waals surface area contributed by atoms with E-state index in [0.717, 1.165) is 11.8 Å². The van der Waals surface area contributed by atoms with Gasteiger partial charge in [-0.25, -0.2) is 9.78 Å². The second kappa shape index (κ2) is 6.25. The van der Waals surface area contributed by atoms with Crippen LogP contribution in [0.4, 0.5) is 0 Å². The molecule has 1 N–H and O–H groups in total. The van der Waals surface area contributed by atoms with Gasteiger partial charge in [-0.2, -0.15) is 0 Å². The van der Waals surface area contributed by atoms with E-state index in [0.29, 0.717) is 21.7 Å². The SMILES string of the molecule is O=C(O)/C(=C\c1ccccc1Cl)Sc1nc2ccccc2o1. The summed E-state index contributed by atoms with van der Waals surface area (Å²) in [7, 11) is 0. The number of nitrogens with zero attached hydrogens (tertiary/aromatic N) is 1. The zero-order valence-corrected chi connectivity index (χ0v) is 12.8. The molecule has 0 saturated heterocycles. The van der Waals surface area contributed by atoms with Crippen molar-refractivity contribution in [3.63, 3.8) is 0 Å². The molecule has 0 amide bonds. The maximum atomic E-state index is 11.4. The van der Waals surface area contributed by atoms with Gasteiger partial charge in [-0.1, -0.05) is 41.9 Å². The van der Waals surface area contributed by atoms with Crippen molar-refractivity contribution in [2.75, 3.05) is 0 Å². The maximum Gasteiger partial charge on any atom is 0.342 e. The number of hydrogen-bond acceptors (Lipinski definition) is 4. The van der Waals surface area contributed by atoms with E-state index in [9.17, 15) is 9.90 Å². The van der Waals surface area contributed by atoms with Crippen LogP contribution in [0.25, 0.3) is 17.2 Å². The Morgan fingerprint density at radius 1 is 1.18 bits per heavy atom. The lowest BCUT2D eigenvalue weighted by Gasteiger charge is -2.01. The topological polar surface area (TPSA) is 63.3 Å². The Labute approximate surface area is 135 Å². The summed E-state index contributed by atoms with van der Waals surface area (Å²) < 4.78 is 5.53. The average molecular weight is 332 g/mol. The molecule has 4 nitrogen and oxygen atoms in total. The van der Waals surface area contributed by atoms with Crippen molar-refractivity contribution in [1.29, 1.82) is 0 Å². The highest BCUT2D eigenvalue weighted by atomic mass is 35.5.